The van der Waals surface area contributed by atoms with Crippen LogP contribution in [0.2, 0.25) is 5.02 Å². The van der Waals surface area contributed by atoms with Crippen LogP contribution in [0, 0.1) is 0 Å². The smallest absolute Gasteiger partial charge is 0.271 e. The first-order valence-electron chi connectivity index (χ1n) is 14.9. The zero-order valence-electron chi connectivity index (χ0n) is 24.3. The predicted octanol–water partition coefficient (Wildman–Crippen LogP) is 9.23. The van der Waals surface area contributed by atoms with E-state index >= 15 is 0 Å². The molecular weight excluding hydrogens is 744 g/mol. The molecule has 0 bridgehead atoms. The van der Waals surface area contributed by atoms with Gasteiger partial charge in [-0.25, -0.2) is 4.99 Å². The Balaban J connectivity index is 1.20. The van der Waals surface area contributed by atoms with Crippen LogP contribution in [0.4, 0.5) is 0 Å². The standard InChI is InChI=1S/C38H25Br2ClN2O2S/c39-30-18-22(19-31(40)36(30)45-21-25-11-7-10-23-8-1-3-12-26(23)25)20-33-37(44)43-35(28-14-5-6-15-32(28)41)29-17-16-24-9-2-4-13-27(24)34(29)42-38(43)46-33/h1-15,18-20,35H,16-17,21H2/b33-20-/t35-/m0/s1. The van der Waals surface area contributed by atoms with Crippen LogP contribution < -0.4 is 19.6 Å². The Morgan fingerprint density at radius 1 is 0.913 bits per heavy atom. The van der Waals surface area contributed by atoms with E-state index in [9.17, 15) is 4.79 Å². The van der Waals surface area contributed by atoms with Crippen molar-refractivity contribution in [1.29, 1.82) is 0 Å². The minimum Gasteiger partial charge on any atom is -0.487 e. The van der Waals surface area contributed by atoms with Crippen molar-refractivity contribution in [3.05, 3.63) is 170 Å². The molecule has 0 saturated carbocycles. The molecule has 1 aromatic heterocycles. The van der Waals surface area contributed by atoms with Crippen LogP contribution in [0.25, 0.3) is 22.5 Å². The van der Waals surface area contributed by atoms with Gasteiger partial charge in [-0.3, -0.25) is 9.36 Å². The first kappa shape index (κ1) is 29.6. The molecule has 0 spiro atoms. The highest BCUT2D eigenvalue weighted by Gasteiger charge is 2.33. The Morgan fingerprint density at radius 3 is 2.50 bits per heavy atom. The van der Waals surface area contributed by atoms with Crippen LogP contribution in [0.15, 0.2) is 127 Å². The number of halogens is 3. The van der Waals surface area contributed by atoms with Crippen LogP contribution in [-0.4, -0.2) is 4.57 Å². The van der Waals surface area contributed by atoms with E-state index in [2.05, 4.69) is 86.5 Å². The Labute approximate surface area is 291 Å². The number of aromatic nitrogens is 1. The van der Waals surface area contributed by atoms with Crippen LogP contribution >= 0.6 is 54.8 Å². The van der Waals surface area contributed by atoms with Crippen molar-refractivity contribution >= 4 is 77.3 Å². The van der Waals surface area contributed by atoms with E-state index < -0.39 is 0 Å². The van der Waals surface area contributed by atoms with Crippen LogP contribution in [0.5, 0.6) is 5.75 Å². The van der Waals surface area contributed by atoms with E-state index in [0.717, 1.165) is 55.3 Å². The number of allylic oxidation sites excluding steroid dienone is 1. The van der Waals surface area contributed by atoms with E-state index in [1.54, 1.807) is 0 Å². The molecule has 0 amide bonds. The zero-order valence-corrected chi connectivity index (χ0v) is 29.1. The maximum Gasteiger partial charge on any atom is 0.271 e. The SMILES string of the molecule is O=c1/c(=C/c2cc(Br)c(OCc3cccc4ccccc34)c(Br)c2)sc2n1[C@@H](c1ccccc1Cl)C1=C(N=2)c2ccccc2CC1. The van der Waals surface area contributed by atoms with Gasteiger partial charge in [0.2, 0.25) is 0 Å². The summed E-state index contributed by atoms with van der Waals surface area (Å²) in [5, 5.41) is 2.99. The minimum atomic E-state index is -0.321. The quantitative estimate of drug-likeness (QED) is 0.176. The average Bonchev–Trinajstić information content (AvgIpc) is 3.37. The van der Waals surface area contributed by atoms with Crippen molar-refractivity contribution in [3.8, 4) is 5.75 Å². The van der Waals surface area contributed by atoms with Gasteiger partial charge in [0, 0.05) is 10.6 Å². The molecule has 0 radical (unpaired) electrons. The summed E-state index contributed by atoms with van der Waals surface area (Å²) in [6.45, 7) is 0.423. The highest BCUT2D eigenvalue weighted by Crippen LogP contribution is 2.43. The van der Waals surface area contributed by atoms with E-state index in [1.165, 1.54) is 27.7 Å². The number of hydrogen-bond donors (Lipinski definition) is 0. The van der Waals surface area contributed by atoms with Gasteiger partial charge in [-0.2, -0.15) is 0 Å². The topological polar surface area (TPSA) is 43.6 Å². The summed E-state index contributed by atoms with van der Waals surface area (Å²) in [5.41, 5.74) is 7.30. The fourth-order valence-electron chi connectivity index (χ4n) is 6.52. The van der Waals surface area contributed by atoms with Crippen LogP contribution in [-0.2, 0) is 13.0 Å². The molecule has 8 heteroatoms. The van der Waals surface area contributed by atoms with Crippen molar-refractivity contribution in [3.63, 3.8) is 0 Å². The molecule has 1 atom stereocenters. The number of fused-ring (bicyclic) bond motifs is 4. The number of aryl methyl sites for hydroxylation is 1. The highest BCUT2D eigenvalue weighted by atomic mass is 79.9. The molecule has 0 saturated heterocycles. The number of hydrogen-bond acceptors (Lipinski definition) is 4. The molecule has 1 aliphatic carbocycles. The lowest BCUT2D eigenvalue weighted by molar-refractivity contribution is 0.303. The fourth-order valence-corrected chi connectivity index (χ4v) is 9.21. The van der Waals surface area contributed by atoms with Gasteiger partial charge >= 0.3 is 0 Å². The number of ether oxygens (including phenoxy) is 1. The third-order valence-electron chi connectivity index (χ3n) is 8.64. The third kappa shape index (κ3) is 5.20. The van der Waals surface area contributed by atoms with Crippen molar-refractivity contribution in [2.75, 3.05) is 0 Å². The van der Waals surface area contributed by atoms with E-state index in [-0.39, 0.29) is 11.6 Å². The lowest BCUT2D eigenvalue weighted by Crippen LogP contribution is -2.38. The molecule has 6 aromatic rings. The Kier molecular flexibility index (Phi) is 7.81. The zero-order chi connectivity index (χ0) is 31.4. The number of benzene rings is 5. The Bertz CT molecular complexity index is 2380. The number of rotatable bonds is 5. The van der Waals surface area contributed by atoms with Gasteiger partial charge in [0.25, 0.3) is 5.56 Å². The Hall–Kier alpha value is -3.75. The second kappa shape index (κ2) is 12.1. The minimum absolute atomic E-state index is 0.0809. The van der Waals surface area contributed by atoms with Gasteiger partial charge in [-0.05, 0) is 108 Å². The lowest BCUT2D eigenvalue weighted by Gasteiger charge is -2.31. The van der Waals surface area contributed by atoms with Crippen LogP contribution in [0.1, 0.15) is 40.3 Å². The largest absolute Gasteiger partial charge is 0.487 e. The van der Waals surface area contributed by atoms with Crippen LogP contribution in [0.3, 0.4) is 0 Å². The highest BCUT2D eigenvalue weighted by molar-refractivity contribution is 9.11. The van der Waals surface area contributed by atoms with Gasteiger partial charge in [0.05, 0.1) is 25.2 Å². The van der Waals surface area contributed by atoms with Gasteiger partial charge in [0.1, 0.15) is 12.4 Å². The van der Waals surface area contributed by atoms with Gasteiger partial charge in [-0.1, -0.05) is 108 Å². The maximum absolute atomic E-state index is 14.2. The summed E-state index contributed by atoms with van der Waals surface area (Å²) in [6.07, 6.45) is 3.64. The second-order valence-electron chi connectivity index (χ2n) is 11.4. The van der Waals surface area contributed by atoms with E-state index in [4.69, 9.17) is 21.3 Å². The van der Waals surface area contributed by atoms with Gasteiger partial charge < -0.3 is 4.74 Å². The van der Waals surface area contributed by atoms with Gasteiger partial charge in [-0.15, -0.1) is 0 Å². The molecule has 2 heterocycles. The average molecular weight is 769 g/mol. The summed E-state index contributed by atoms with van der Waals surface area (Å²) >= 11 is 15.6. The monoisotopic (exact) mass is 766 g/mol. The van der Waals surface area contributed by atoms with Gasteiger partial charge in [0.15, 0.2) is 4.80 Å². The summed E-state index contributed by atoms with van der Waals surface area (Å²) in [5.74, 6) is 0.705. The molecule has 46 heavy (non-hydrogen) atoms. The molecule has 0 fully saturated rings. The summed E-state index contributed by atoms with van der Waals surface area (Å²) in [4.78, 5) is 20.0. The molecule has 5 aromatic carbocycles. The molecule has 0 unspecified atom stereocenters. The molecule has 4 nitrogen and oxygen atoms in total. The fraction of sp³-hybridized carbons (Fsp3) is 0.105. The van der Waals surface area contributed by atoms with Crippen molar-refractivity contribution in [2.45, 2.75) is 25.5 Å². The normalized spacial score (nSPS) is 15.7. The third-order valence-corrected chi connectivity index (χ3v) is 11.1. The second-order valence-corrected chi connectivity index (χ2v) is 14.5. The number of thiazole rings is 1. The molecule has 0 N–H and O–H groups in total. The maximum atomic E-state index is 14.2. The van der Waals surface area contributed by atoms with E-state index in [0.29, 0.717) is 26.7 Å². The predicted molar refractivity (Wildman–Crippen MR) is 194 cm³/mol. The molecule has 226 valence electrons. The number of nitrogens with zero attached hydrogens (tertiary/aromatic N) is 2. The molecular formula is C38H25Br2ClN2O2S. The van der Waals surface area contributed by atoms with Crippen molar-refractivity contribution < 1.29 is 4.74 Å². The molecule has 8 rings (SSSR count). The summed E-state index contributed by atoms with van der Waals surface area (Å²) < 4.78 is 10.3. The summed E-state index contributed by atoms with van der Waals surface area (Å²) in [6, 6.07) is 34.4. The first-order valence-corrected chi connectivity index (χ1v) is 17.7. The van der Waals surface area contributed by atoms with Crippen molar-refractivity contribution in [1.82, 2.24) is 4.57 Å². The summed E-state index contributed by atoms with van der Waals surface area (Å²) in [7, 11) is 0. The Morgan fingerprint density at radius 2 is 1.65 bits per heavy atom. The molecule has 1 aliphatic heterocycles. The van der Waals surface area contributed by atoms with Crippen molar-refractivity contribution in [2.24, 2.45) is 4.99 Å². The lowest BCUT2D eigenvalue weighted by atomic mass is 9.83. The van der Waals surface area contributed by atoms with E-state index in [1.807, 2.05) is 59.2 Å². The molecule has 2 aliphatic rings. The first-order chi connectivity index (χ1) is 22.5.